The van der Waals surface area contributed by atoms with E-state index in [1.54, 1.807) is 0 Å². The largest absolute Gasteiger partial charge is 0.456 e. The number of furan rings is 1. The third-order valence-corrected chi connectivity index (χ3v) is 13.6. The number of aromatic nitrogens is 1. The Balaban J connectivity index is 1.01. The zero-order chi connectivity index (χ0) is 45.7. The summed E-state index contributed by atoms with van der Waals surface area (Å²) in [6, 6.07) is 96.2. The summed E-state index contributed by atoms with van der Waals surface area (Å²) in [6.45, 7) is 0. The van der Waals surface area contributed by atoms with E-state index >= 15 is 0 Å². The van der Waals surface area contributed by atoms with Crippen molar-refractivity contribution in [2.45, 2.75) is 0 Å². The van der Waals surface area contributed by atoms with Gasteiger partial charge in [-0.1, -0.05) is 200 Å². The Morgan fingerprint density at radius 1 is 0.304 bits per heavy atom. The van der Waals surface area contributed by atoms with E-state index in [9.17, 15) is 0 Å². The van der Waals surface area contributed by atoms with E-state index in [-0.39, 0.29) is 0 Å². The molecule has 3 heteroatoms. The predicted molar refractivity (Wildman–Crippen MR) is 290 cm³/mol. The van der Waals surface area contributed by atoms with E-state index in [0.717, 1.165) is 72.5 Å². The summed E-state index contributed by atoms with van der Waals surface area (Å²) < 4.78 is 8.92. The molecule has 0 radical (unpaired) electrons. The van der Waals surface area contributed by atoms with E-state index in [2.05, 4.69) is 264 Å². The number of fused-ring (bicyclic) bond motifs is 6. The van der Waals surface area contributed by atoms with Crippen LogP contribution in [0.1, 0.15) is 0 Å². The quantitative estimate of drug-likeness (QED) is 0.144. The lowest BCUT2D eigenvalue weighted by molar-refractivity contribution is 0.669. The van der Waals surface area contributed by atoms with Gasteiger partial charge < -0.3 is 13.9 Å². The van der Waals surface area contributed by atoms with Crippen LogP contribution in [0.15, 0.2) is 271 Å². The van der Waals surface area contributed by atoms with Crippen LogP contribution in [0.3, 0.4) is 0 Å². The van der Waals surface area contributed by atoms with E-state index < -0.39 is 0 Å². The van der Waals surface area contributed by atoms with Gasteiger partial charge in [-0.2, -0.15) is 0 Å². The molecule has 0 saturated heterocycles. The molecule has 2 heterocycles. The summed E-state index contributed by atoms with van der Waals surface area (Å²) in [7, 11) is 0. The molecule has 0 bridgehead atoms. The third-order valence-electron chi connectivity index (χ3n) is 13.6. The Labute approximate surface area is 401 Å². The van der Waals surface area contributed by atoms with Gasteiger partial charge in [0.2, 0.25) is 0 Å². The monoisotopic (exact) mass is 880 g/mol. The Morgan fingerprint density at radius 2 is 0.797 bits per heavy atom. The van der Waals surface area contributed by atoms with Crippen molar-refractivity contribution in [2.24, 2.45) is 0 Å². The fourth-order valence-corrected chi connectivity index (χ4v) is 10.4. The van der Waals surface area contributed by atoms with Gasteiger partial charge in [-0.15, -0.1) is 0 Å². The van der Waals surface area contributed by atoms with Gasteiger partial charge in [0.15, 0.2) is 0 Å². The Morgan fingerprint density at radius 3 is 1.49 bits per heavy atom. The smallest absolute Gasteiger partial charge is 0.136 e. The first-order chi connectivity index (χ1) is 34.2. The van der Waals surface area contributed by atoms with Crippen molar-refractivity contribution in [3.8, 4) is 61.3 Å². The Kier molecular flexibility index (Phi) is 9.84. The molecule has 0 aliphatic rings. The number of rotatable bonds is 9. The van der Waals surface area contributed by atoms with Crippen molar-refractivity contribution in [1.82, 2.24) is 4.57 Å². The molecule has 324 valence electrons. The second-order valence-corrected chi connectivity index (χ2v) is 17.6. The first-order valence-electron chi connectivity index (χ1n) is 23.6. The number of anilines is 3. The van der Waals surface area contributed by atoms with Gasteiger partial charge in [-0.3, -0.25) is 0 Å². The van der Waals surface area contributed by atoms with Gasteiger partial charge in [0.1, 0.15) is 11.2 Å². The molecular weight excluding hydrogens is 837 g/mol. The van der Waals surface area contributed by atoms with Crippen molar-refractivity contribution in [2.75, 3.05) is 4.90 Å². The summed E-state index contributed by atoms with van der Waals surface area (Å²) in [5.41, 5.74) is 19.9. The topological polar surface area (TPSA) is 21.3 Å². The number of hydrogen-bond donors (Lipinski definition) is 0. The minimum atomic E-state index is 0.870. The summed E-state index contributed by atoms with van der Waals surface area (Å²) in [5, 5.41) is 4.70. The maximum atomic E-state index is 6.50. The highest BCUT2D eigenvalue weighted by Crippen LogP contribution is 2.48. The molecule has 11 aromatic carbocycles. The van der Waals surface area contributed by atoms with Crippen LogP contribution in [-0.4, -0.2) is 4.57 Å². The lowest BCUT2D eigenvalue weighted by Crippen LogP contribution is -2.12. The molecule has 0 spiro atoms. The lowest BCUT2D eigenvalue weighted by Gasteiger charge is -2.29. The summed E-state index contributed by atoms with van der Waals surface area (Å²) in [5.74, 6) is 0. The van der Waals surface area contributed by atoms with Gasteiger partial charge in [-0.25, -0.2) is 0 Å². The van der Waals surface area contributed by atoms with Gasteiger partial charge >= 0.3 is 0 Å². The normalized spacial score (nSPS) is 11.5. The Hall–Kier alpha value is -9.18. The van der Waals surface area contributed by atoms with Crippen LogP contribution in [0.5, 0.6) is 0 Å². The molecule has 0 atom stereocenters. The number of benzene rings is 11. The zero-order valence-corrected chi connectivity index (χ0v) is 37.7. The zero-order valence-electron chi connectivity index (χ0n) is 37.7. The van der Waals surface area contributed by atoms with Crippen LogP contribution in [0.25, 0.3) is 105 Å². The van der Waals surface area contributed by atoms with Gasteiger partial charge in [-0.05, 0) is 111 Å². The van der Waals surface area contributed by atoms with Crippen LogP contribution in [-0.2, 0) is 0 Å². The highest BCUT2D eigenvalue weighted by atomic mass is 16.3. The van der Waals surface area contributed by atoms with E-state index in [0.29, 0.717) is 0 Å². The molecule has 0 unspecified atom stereocenters. The van der Waals surface area contributed by atoms with Crippen molar-refractivity contribution >= 4 is 60.8 Å². The van der Waals surface area contributed by atoms with Crippen molar-refractivity contribution < 1.29 is 4.42 Å². The molecule has 0 aliphatic heterocycles. The molecule has 0 aliphatic carbocycles. The van der Waals surface area contributed by atoms with Crippen molar-refractivity contribution in [1.29, 1.82) is 0 Å². The molecule has 0 N–H and O–H groups in total. The SMILES string of the molecule is c1ccc(-c2ccc(-c3c(-c4ccc5c(c4)oc4ccccc45)cccc3N(c3ccc(-c4ccccc4)cc3)c3ccc(-c4cccc5c6ccccc6n(-c6ccccc6)c45)cc3)cc2)cc1. The van der Waals surface area contributed by atoms with E-state index in [1.807, 2.05) is 12.1 Å². The van der Waals surface area contributed by atoms with Crippen LogP contribution < -0.4 is 4.90 Å². The molecule has 2 aromatic heterocycles. The number of para-hydroxylation sites is 4. The van der Waals surface area contributed by atoms with E-state index in [4.69, 9.17) is 4.42 Å². The summed E-state index contributed by atoms with van der Waals surface area (Å²) in [4.78, 5) is 2.42. The molecule has 0 fully saturated rings. The number of hydrogen-bond acceptors (Lipinski definition) is 2. The van der Waals surface area contributed by atoms with Crippen LogP contribution in [0.2, 0.25) is 0 Å². The minimum absolute atomic E-state index is 0.870. The average molecular weight is 881 g/mol. The number of nitrogens with zero attached hydrogens (tertiary/aromatic N) is 2. The first kappa shape index (κ1) is 40.1. The van der Waals surface area contributed by atoms with Crippen LogP contribution in [0.4, 0.5) is 17.1 Å². The molecule has 13 rings (SSSR count). The molecular formula is C66H44N2O. The van der Waals surface area contributed by atoms with Gasteiger partial charge in [0, 0.05) is 49.7 Å². The summed E-state index contributed by atoms with van der Waals surface area (Å²) in [6.07, 6.45) is 0. The maximum absolute atomic E-state index is 6.50. The maximum Gasteiger partial charge on any atom is 0.136 e. The molecule has 13 aromatic rings. The third kappa shape index (κ3) is 7.08. The second kappa shape index (κ2) is 16.9. The fourth-order valence-electron chi connectivity index (χ4n) is 10.4. The summed E-state index contributed by atoms with van der Waals surface area (Å²) >= 11 is 0. The Bertz CT molecular complexity index is 3960. The fraction of sp³-hybridized carbons (Fsp3) is 0. The highest BCUT2D eigenvalue weighted by Gasteiger charge is 2.23. The average Bonchev–Trinajstić information content (AvgIpc) is 3.98. The lowest BCUT2D eigenvalue weighted by atomic mass is 9.90. The standard InChI is InChI=1S/C66H44N2O/c1-4-16-45(17-5-1)47-30-32-50(33-31-47)65-55(51-38-43-59-58-23-11-13-29-63(58)69-64(59)44-51)24-15-28-62(65)67(53-39-34-48(35-40-53)46-18-6-2-7-19-46)54-41-36-49(37-42-54)56-25-14-26-60-57-22-10-12-27-61(57)68(66(56)60)52-20-8-3-9-21-52/h1-44H. The van der Waals surface area contributed by atoms with Gasteiger partial charge in [0.05, 0.1) is 16.7 Å². The van der Waals surface area contributed by atoms with Crippen LogP contribution >= 0.6 is 0 Å². The van der Waals surface area contributed by atoms with Crippen molar-refractivity contribution in [3.63, 3.8) is 0 Å². The molecule has 3 nitrogen and oxygen atoms in total. The van der Waals surface area contributed by atoms with Gasteiger partial charge in [0.25, 0.3) is 0 Å². The van der Waals surface area contributed by atoms with Crippen molar-refractivity contribution in [3.05, 3.63) is 267 Å². The molecule has 0 saturated carbocycles. The highest BCUT2D eigenvalue weighted by molar-refractivity contribution is 6.14. The molecule has 0 amide bonds. The predicted octanol–water partition coefficient (Wildman–Crippen LogP) is 18.5. The molecule has 69 heavy (non-hydrogen) atoms. The minimum Gasteiger partial charge on any atom is -0.456 e. The second-order valence-electron chi connectivity index (χ2n) is 17.6. The van der Waals surface area contributed by atoms with E-state index in [1.165, 1.54) is 49.6 Å². The van der Waals surface area contributed by atoms with Crippen LogP contribution in [0, 0.1) is 0 Å². The first-order valence-corrected chi connectivity index (χ1v) is 23.6.